The molecule has 0 spiro atoms. The van der Waals surface area contributed by atoms with Gasteiger partial charge >= 0.3 is 0 Å². The van der Waals surface area contributed by atoms with Crippen LogP contribution in [0.5, 0.6) is 0 Å². The highest BCUT2D eigenvalue weighted by atomic mass is 16.5. The molecular formula is C15H32N2O. The van der Waals surface area contributed by atoms with Gasteiger partial charge in [0, 0.05) is 31.8 Å². The van der Waals surface area contributed by atoms with Crippen LogP contribution in [-0.2, 0) is 4.74 Å². The van der Waals surface area contributed by atoms with Crippen LogP contribution in [0.15, 0.2) is 0 Å². The number of nitrogens with zero attached hydrogens (tertiary/aromatic N) is 1. The van der Waals surface area contributed by atoms with Gasteiger partial charge in [0.25, 0.3) is 0 Å². The van der Waals surface area contributed by atoms with Gasteiger partial charge in [0.15, 0.2) is 0 Å². The average molecular weight is 256 g/mol. The van der Waals surface area contributed by atoms with Crippen LogP contribution in [0.25, 0.3) is 0 Å². The molecule has 0 radical (unpaired) electrons. The monoisotopic (exact) mass is 256 g/mol. The number of hydrogen-bond acceptors (Lipinski definition) is 3. The second kappa shape index (κ2) is 9.76. The average Bonchev–Trinajstić information content (AvgIpc) is 2.34. The molecule has 1 rings (SSSR count). The zero-order valence-electron chi connectivity index (χ0n) is 12.6. The lowest BCUT2D eigenvalue weighted by Crippen LogP contribution is -2.43. The highest BCUT2D eigenvalue weighted by Gasteiger charge is 2.15. The predicted octanol–water partition coefficient (Wildman–Crippen LogP) is 2.66. The predicted molar refractivity (Wildman–Crippen MR) is 78.1 cm³/mol. The van der Waals surface area contributed by atoms with Gasteiger partial charge in [0.05, 0.1) is 0 Å². The van der Waals surface area contributed by atoms with Gasteiger partial charge in [0.1, 0.15) is 0 Å². The molecular weight excluding hydrogens is 224 g/mol. The second-order valence-electron chi connectivity index (χ2n) is 5.71. The number of unbranched alkanes of at least 4 members (excludes halogenated alkanes) is 1. The summed E-state index contributed by atoms with van der Waals surface area (Å²) in [5.74, 6) is 0. The highest BCUT2D eigenvalue weighted by Crippen LogP contribution is 2.07. The molecule has 0 aromatic heterocycles. The third-order valence-electron chi connectivity index (χ3n) is 3.73. The molecule has 0 aromatic rings. The Balaban J connectivity index is 2.08. The fraction of sp³-hybridized carbons (Fsp3) is 1.00. The number of nitrogens with one attached hydrogen (secondary N) is 1. The minimum Gasteiger partial charge on any atom is -0.381 e. The maximum atomic E-state index is 5.62. The zero-order valence-corrected chi connectivity index (χ0v) is 12.6. The first kappa shape index (κ1) is 15.9. The molecule has 0 amide bonds. The maximum Gasteiger partial charge on any atom is 0.0478 e. The Bertz CT molecular complexity index is 187. The largest absolute Gasteiger partial charge is 0.381 e. The van der Waals surface area contributed by atoms with Gasteiger partial charge in [-0.25, -0.2) is 0 Å². The smallest absolute Gasteiger partial charge is 0.0478 e. The molecule has 1 N–H and O–H groups in total. The third kappa shape index (κ3) is 7.34. The van der Waals surface area contributed by atoms with Gasteiger partial charge in [0.2, 0.25) is 0 Å². The number of ether oxygens (including phenoxy) is 1. The van der Waals surface area contributed by atoms with E-state index in [2.05, 4.69) is 31.0 Å². The fourth-order valence-corrected chi connectivity index (χ4v) is 2.48. The SMILES string of the molecule is CCCCOCCCN1CCC(C)NC(C)CC1. The van der Waals surface area contributed by atoms with Crippen LogP contribution in [0.4, 0.5) is 0 Å². The highest BCUT2D eigenvalue weighted by molar-refractivity contribution is 4.74. The van der Waals surface area contributed by atoms with E-state index in [-0.39, 0.29) is 0 Å². The van der Waals surface area contributed by atoms with Gasteiger partial charge in [-0.2, -0.15) is 0 Å². The molecule has 0 aliphatic carbocycles. The normalized spacial score (nSPS) is 26.8. The Morgan fingerprint density at radius 3 is 2.28 bits per heavy atom. The van der Waals surface area contributed by atoms with E-state index in [1.807, 2.05) is 0 Å². The van der Waals surface area contributed by atoms with E-state index < -0.39 is 0 Å². The Kier molecular flexibility index (Phi) is 8.64. The minimum atomic E-state index is 0.656. The molecule has 0 aromatic carbocycles. The van der Waals surface area contributed by atoms with E-state index in [9.17, 15) is 0 Å². The maximum absolute atomic E-state index is 5.62. The van der Waals surface area contributed by atoms with Crippen molar-refractivity contribution in [3.05, 3.63) is 0 Å². The molecule has 3 nitrogen and oxygen atoms in total. The lowest BCUT2D eigenvalue weighted by Gasteiger charge is -2.30. The molecule has 1 aliphatic rings. The van der Waals surface area contributed by atoms with Crippen LogP contribution in [-0.4, -0.2) is 49.8 Å². The third-order valence-corrected chi connectivity index (χ3v) is 3.73. The van der Waals surface area contributed by atoms with Crippen molar-refractivity contribution in [2.24, 2.45) is 0 Å². The Morgan fingerprint density at radius 1 is 1.06 bits per heavy atom. The number of hydrogen-bond donors (Lipinski definition) is 1. The standard InChI is InChI=1S/C15H32N2O/c1-4-5-12-18-13-6-9-17-10-7-14(2)16-15(3)8-11-17/h14-16H,4-13H2,1-3H3. The van der Waals surface area contributed by atoms with Crippen molar-refractivity contribution in [2.45, 2.75) is 65.0 Å². The summed E-state index contributed by atoms with van der Waals surface area (Å²) in [5.41, 5.74) is 0. The molecule has 1 fully saturated rings. The summed E-state index contributed by atoms with van der Waals surface area (Å²) in [6.07, 6.45) is 6.14. The van der Waals surface area contributed by atoms with E-state index >= 15 is 0 Å². The molecule has 1 saturated heterocycles. The lowest BCUT2D eigenvalue weighted by atomic mass is 10.1. The summed E-state index contributed by atoms with van der Waals surface area (Å²) in [7, 11) is 0. The van der Waals surface area contributed by atoms with E-state index in [1.165, 1.54) is 51.7 Å². The van der Waals surface area contributed by atoms with Gasteiger partial charge in [-0.1, -0.05) is 13.3 Å². The Labute approximate surface area is 113 Å². The molecule has 2 unspecified atom stereocenters. The summed E-state index contributed by atoms with van der Waals surface area (Å²) in [5, 5.41) is 3.64. The van der Waals surface area contributed by atoms with Gasteiger partial charge in [-0.15, -0.1) is 0 Å². The van der Waals surface area contributed by atoms with Crippen molar-refractivity contribution in [1.82, 2.24) is 10.2 Å². The Morgan fingerprint density at radius 2 is 1.67 bits per heavy atom. The van der Waals surface area contributed by atoms with Gasteiger partial charge in [-0.05, 0) is 52.6 Å². The lowest BCUT2D eigenvalue weighted by molar-refractivity contribution is 0.115. The quantitative estimate of drug-likeness (QED) is 0.709. The first-order valence-corrected chi connectivity index (χ1v) is 7.78. The molecule has 0 saturated carbocycles. The van der Waals surface area contributed by atoms with Crippen LogP contribution < -0.4 is 5.32 Å². The molecule has 1 aliphatic heterocycles. The van der Waals surface area contributed by atoms with Crippen molar-refractivity contribution >= 4 is 0 Å². The summed E-state index contributed by atoms with van der Waals surface area (Å²) in [6.45, 7) is 12.3. The van der Waals surface area contributed by atoms with Gasteiger partial charge < -0.3 is 15.0 Å². The van der Waals surface area contributed by atoms with E-state index in [0.717, 1.165) is 13.2 Å². The summed E-state index contributed by atoms with van der Waals surface area (Å²) in [4.78, 5) is 2.61. The Hall–Kier alpha value is -0.120. The van der Waals surface area contributed by atoms with Crippen LogP contribution in [0.3, 0.4) is 0 Å². The van der Waals surface area contributed by atoms with Crippen molar-refractivity contribution in [3.63, 3.8) is 0 Å². The van der Waals surface area contributed by atoms with Crippen LogP contribution >= 0.6 is 0 Å². The van der Waals surface area contributed by atoms with E-state index in [1.54, 1.807) is 0 Å². The number of rotatable bonds is 7. The van der Waals surface area contributed by atoms with Gasteiger partial charge in [-0.3, -0.25) is 0 Å². The topological polar surface area (TPSA) is 24.5 Å². The van der Waals surface area contributed by atoms with Crippen molar-refractivity contribution in [3.8, 4) is 0 Å². The minimum absolute atomic E-state index is 0.656. The van der Waals surface area contributed by atoms with Crippen molar-refractivity contribution < 1.29 is 4.74 Å². The summed E-state index contributed by atoms with van der Waals surface area (Å²) >= 11 is 0. The van der Waals surface area contributed by atoms with Crippen molar-refractivity contribution in [2.75, 3.05) is 32.8 Å². The summed E-state index contributed by atoms with van der Waals surface area (Å²) in [6, 6.07) is 1.31. The van der Waals surface area contributed by atoms with Crippen LogP contribution in [0, 0.1) is 0 Å². The van der Waals surface area contributed by atoms with E-state index in [4.69, 9.17) is 4.74 Å². The molecule has 108 valence electrons. The molecule has 3 heteroatoms. The molecule has 1 heterocycles. The van der Waals surface area contributed by atoms with Crippen LogP contribution in [0.1, 0.15) is 52.9 Å². The zero-order chi connectivity index (χ0) is 13.2. The van der Waals surface area contributed by atoms with Crippen LogP contribution in [0.2, 0.25) is 0 Å². The molecule has 0 bridgehead atoms. The second-order valence-corrected chi connectivity index (χ2v) is 5.71. The molecule has 2 atom stereocenters. The molecule has 18 heavy (non-hydrogen) atoms. The first-order valence-electron chi connectivity index (χ1n) is 7.78. The van der Waals surface area contributed by atoms with E-state index in [0.29, 0.717) is 12.1 Å². The van der Waals surface area contributed by atoms with Crippen molar-refractivity contribution in [1.29, 1.82) is 0 Å². The first-order chi connectivity index (χ1) is 8.72. The summed E-state index contributed by atoms with van der Waals surface area (Å²) < 4.78 is 5.62. The fourth-order valence-electron chi connectivity index (χ4n) is 2.48.